The van der Waals surface area contributed by atoms with E-state index in [0.29, 0.717) is 6.41 Å². The number of nitrogens with zero attached hydrogens (tertiary/aromatic N) is 1. The number of aliphatic hydroxyl groups is 2. The van der Waals surface area contributed by atoms with Gasteiger partial charge in [-0.15, -0.1) is 0 Å². The summed E-state index contributed by atoms with van der Waals surface area (Å²) in [6.45, 7) is 3.70. The third-order valence-electron chi connectivity index (χ3n) is 3.01. The second-order valence-electron chi connectivity index (χ2n) is 5.31. The maximum atomic E-state index is 13.7. The highest BCUT2D eigenvalue weighted by molar-refractivity contribution is 7.80. The van der Waals surface area contributed by atoms with Gasteiger partial charge in [0.15, 0.2) is 11.9 Å². The van der Waals surface area contributed by atoms with Gasteiger partial charge < -0.3 is 30.7 Å². The van der Waals surface area contributed by atoms with Gasteiger partial charge in [0.05, 0.1) is 6.54 Å². The van der Waals surface area contributed by atoms with E-state index in [0.717, 1.165) is 11.1 Å². The lowest BCUT2D eigenvalue weighted by atomic mass is 10.2. The minimum atomic E-state index is -2.90. The summed E-state index contributed by atoms with van der Waals surface area (Å²) < 4.78 is 23.3. The van der Waals surface area contributed by atoms with E-state index in [9.17, 15) is 24.2 Å². The Labute approximate surface area is 156 Å². The number of nitrogens with one attached hydrogen (secondary N) is 1. The largest absolute Gasteiger partial charge is 0.405 e. The maximum absolute atomic E-state index is 13.7. The Kier molecular flexibility index (Phi) is 11.1. The number of ether oxygens (including phenoxy) is 2. The molecule has 0 radical (unpaired) electrons. The Hall–Kier alpha value is -1.66. The molecule has 0 aromatic rings. The van der Waals surface area contributed by atoms with Crippen molar-refractivity contribution in [3.05, 3.63) is 12.0 Å². The van der Waals surface area contributed by atoms with Gasteiger partial charge >= 0.3 is 11.9 Å². The minimum absolute atomic E-state index is 0.0474. The predicted octanol–water partition coefficient (Wildman–Crippen LogP) is -0.136. The van der Waals surface area contributed by atoms with Gasteiger partial charge in [0.2, 0.25) is 6.41 Å². The average Bonchev–Trinajstić information content (AvgIpc) is 3.09. The summed E-state index contributed by atoms with van der Waals surface area (Å²) in [4.78, 5) is 22.7. The molecule has 0 bridgehead atoms. The van der Waals surface area contributed by atoms with Crippen LogP contribution in [-0.4, -0.2) is 64.4 Å². The number of hydrogen-bond acceptors (Lipinski definition) is 8. The molecule has 1 fully saturated rings. The lowest BCUT2D eigenvalue weighted by Crippen LogP contribution is -2.48. The lowest BCUT2D eigenvalue weighted by molar-refractivity contribution is -0.362. The van der Waals surface area contributed by atoms with Crippen LogP contribution < -0.4 is 11.1 Å². The van der Waals surface area contributed by atoms with Crippen molar-refractivity contribution in [2.24, 2.45) is 5.73 Å². The van der Waals surface area contributed by atoms with Crippen molar-refractivity contribution < 1.29 is 33.7 Å². The van der Waals surface area contributed by atoms with Crippen molar-refractivity contribution in [1.29, 1.82) is 0 Å². The number of thiocarbonyl (C=S) groups is 1. The molecule has 2 unspecified atom stereocenters. The van der Waals surface area contributed by atoms with Gasteiger partial charge in [0.25, 0.3) is 0 Å². The molecule has 9 nitrogen and oxygen atoms in total. The van der Waals surface area contributed by atoms with Crippen molar-refractivity contribution in [1.82, 2.24) is 10.2 Å². The molecule has 1 saturated heterocycles. The zero-order chi connectivity index (χ0) is 20.3. The van der Waals surface area contributed by atoms with Gasteiger partial charge in [-0.3, -0.25) is 14.5 Å². The summed E-state index contributed by atoms with van der Waals surface area (Å²) in [6.07, 6.45) is 0.277. The van der Waals surface area contributed by atoms with Gasteiger partial charge in [-0.1, -0.05) is 32.5 Å². The van der Waals surface area contributed by atoms with E-state index in [1.807, 2.05) is 0 Å². The number of esters is 1. The number of halogens is 1. The fourth-order valence-electron chi connectivity index (χ4n) is 1.88. The fourth-order valence-corrected chi connectivity index (χ4v) is 1.93. The van der Waals surface area contributed by atoms with Crippen LogP contribution in [0.15, 0.2) is 12.0 Å². The molecule has 0 saturated carbocycles. The molecule has 1 heterocycles. The highest BCUT2D eigenvalue weighted by Crippen LogP contribution is 2.29. The Morgan fingerprint density at radius 3 is 2.54 bits per heavy atom. The van der Waals surface area contributed by atoms with E-state index in [4.69, 9.17) is 10.5 Å². The van der Waals surface area contributed by atoms with Crippen LogP contribution in [0.1, 0.15) is 33.1 Å². The van der Waals surface area contributed by atoms with Crippen LogP contribution in [0.25, 0.3) is 0 Å². The van der Waals surface area contributed by atoms with Gasteiger partial charge in [0, 0.05) is 13.2 Å². The Balaban J connectivity index is 0.00000194. The molecule has 1 rings (SSSR count). The van der Waals surface area contributed by atoms with Crippen molar-refractivity contribution in [2.75, 3.05) is 13.6 Å². The van der Waals surface area contributed by atoms with E-state index >= 15 is 0 Å². The summed E-state index contributed by atoms with van der Waals surface area (Å²) in [5, 5.41) is 21.8. The molecule has 0 aliphatic carbocycles. The number of likely N-dealkylation sites (N-methyl/N-ethyl adjacent to an activating group) is 1. The number of rotatable bonds is 7. The third kappa shape index (κ3) is 7.70. The normalized spacial score (nSPS) is 19.9. The first kappa shape index (κ1) is 24.3. The van der Waals surface area contributed by atoms with Gasteiger partial charge in [-0.2, -0.15) is 0 Å². The van der Waals surface area contributed by atoms with E-state index in [-0.39, 0.29) is 17.8 Å². The average molecular weight is 395 g/mol. The van der Waals surface area contributed by atoms with Crippen LogP contribution in [0.5, 0.6) is 0 Å². The first-order valence-corrected chi connectivity index (χ1v) is 8.41. The van der Waals surface area contributed by atoms with Gasteiger partial charge in [-0.25, -0.2) is 4.39 Å². The number of amides is 1. The van der Waals surface area contributed by atoms with Crippen LogP contribution in [0.3, 0.4) is 0 Å². The molecule has 2 atom stereocenters. The molecule has 0 spiro atoms. The molecule has 5 N–H and O–H groups in total. The van der Waals surface area contributed by atoms with Crippen molar-refractivity contribution in [2.45, 2.75) is 51.4 Å². The zero-order valence-corrected chi connectivity index (χ0v) is 15.8. The summed E-state index contributed by atoms with van der Waals surface area (Å²) in [5.41, 5.74) is 5.01. The third-order valence-corrected chi connectivity index (χ3v) is 3.41. The van der Waals surface area contributed by atoms with Crippen molar-refractivity contribution >= 4 is 29.6 Å². The van der Waals surface area contributed by atoms with Gasteiger partial charge in [0.1, 0.15) is 11.2 Å². The maximum Gasteiger partial charge on any atom is 0.352 e. The van der Waals surface area contributed by atoms with Crippen LogP contribution in [0.4, 0.5) is 4.39 Å². The SMILES string of the molecule is CCC.CNC(=S)/C(F)=C\N(C=O)C1CCC(C(O)(O)OC(=O)CN)O1. The van der Waals surface area contributed by atoms with E-state index in [1.165, 1.54) is 13.5 Å². The van der Waals surface area contributed by atoms with E-state index in [1.54, 1.807) is 0 Å². The summed E-state index contributed by atoms with van der Waals surface area (Å²) in [6, 6.07) is 0. The number of nitrogens with two attached hydrogens (primary N) is 1. The lowest BCUT2D eigenvalue weighted by Gasteiger charge is -2.28. The zero-order valence-electron chi connectivity index (χ0n) is 15.0. The molecule has 0 aromatic carbocycles. The molecule has 1 amide bonds. The predicted molar refractivity (Wildman–Crippen MR) is 94.9 cm³/mol. The topological polar surface area (TPSA) is 134 Å². The standard InChI is InChI=1S/C12H18FN3O6S.C3H8/c1-15-11(23)7(13)5-16(6-17)9-3-2-8(21-9)12(19,20)22-10(18)4-14;1-3-2/h5-6,8-9,19-20H,2-4,14H2,1H3,(H,15,23);3H2,1-2H3/b7-5+;. The summed E-state index contributed by atoms with van der Waals surface area (Å²) in [7, 11) is 1.42. The van der Waals surface area contributed by atoms with Crippen LogP contribution in [0, 0.1) is 0 Å². The van der Waals surface area contributed by atoms with E-state index < -0.39 is 36.6 Å². The molecular weight excluding hydrogens is 369 g/mol. The first-order valence-electron chi connectivity index (χ1n) is 8.00. The molecule has 1 aliphatic heterocycles. The Bertz CT molecular complexity index is 518. The van der Waals surface area contributed by atoms with Crippen LogP contribution in [-0.2, 0) is 19.1 Å². The minimum Gasteiger partial charge on any atom is -0.405 e. The second-order valence-corrected chi connectivity index (χ2v) is 5.72. The summed E-state index contributed by atoms with van der Waals surface area (Å²) in [5.74, 6) is -4.81. The smallest absolute Gasteiger partial charge is 0.352 e. The molecule has 26 heavy (non-hydrogen) atoms. The molecule has 150 valence electrons. The van der Waals surface area contributed by atoms with Crippen molar-refractivity contribution in [3.63, 3.8) is 0 Å². The highest BCUT2D eigenvalue weighted by atomic mass is 32.1. The quantitative estimate of drug-likeness (QED) is 0.153. The number of carbonyl (C=O) groups excluding carboxylic acids is 2. The number of hydrogen-bond donors (Lipinski definition) is 4. The molecular formula is C15H26FN3O6S. The van der Waals surface area contributed by atoms with Crippen LogP contribution >= 0.6 is 12.2 Å². The monoisotopic (exact) mass is 395 g/mol. The Morgan fingerprint density at radius 2 is 2.08 bits per heavy atom. The van der Waals surface area contributed by atoms with Crippen LogP contribution in [0.2, 0.25) is 0 Å². The fraction of sp³-hybridized carbons (Fsp3) is 0.667. The molecule has 11 heteroatoms. The first-order chi connectivity index (χ1) is 12.2. The molecule has 1 aliphatic rings. The van der Waals surface area contributed by atoms with Gasteiger partial charge in [-0.05, 0) is 12.8 Å². The van der Waals surface area contributed by atoms with Crippen molar-refractivity contribution in [3.8, 4) is 0 Å². The second kappa shape index (κ2) is 11.9. The summed E-state index contributed by atoms with van der Waals surface area (Å²) >= 11 is 4.67. The van der Waals surface area contributed by atoms with E-state index in [2.05, 4.69) is 36.1 Å². The number of carbonyl (C=O) groups is 2. The Morgan fingerprint density at radius 1 is 1.50 bits per heavy atom. The highest BCUT2D eigenvalue weighted by Gasteiger charge is 2.46. The molecule has 0 aromatic heterocycles.